The maximum atomic E-state index is 12.4. The quantitative estimate of drug-likeness (QED) is 0.752. The molecule has 0 radical (unpaired) electrons. The summed E-state index contributed by atoms with van der Waals surface area (Å²) in [5.74, 6) is 0.661. The van der Waals surface area contributed by atoms with Gasteiger partial charge in [0.15, 0.2) is 0 Å². The minimum atomic E-state index is -4.31. The van der Waals surface area contributed by atoms with Crippen LogP contribution in [0.25, 0.3) is 0 Å². The summed E-state index contributed by atoms with van der Waals surface area (Å²) >= 11 is 5.83. The van der Waals surface area contributed by atoms with Crippen LogP contribution in [0.2, 0.25) is 5.02 Å². The maximum absolute atomic E-state index is 12.4. The van der Waals surface area contributed by atoms with Crippen LogP contribution >= 0.6 is 11.6 Å². The van der Waals surface area contributed by atoms with Gasteiger partial charge in [-0.3, -0.25) is 0 Å². The molecular formula is C15H12ClF3O. The van der Waals surface area contributed by atoms with E-state index in [0.29, 0.717) is 16.3 Å². The summed E-state index contributed by atoms with van der Waals surface area (Å²) in [5, 5.41) is 0.615. The van der Waals surface area contributed by atoms with E-state index in [2.05, 4.69) is 0 Å². The van der Waals surface area contributed by atoms with Gasteiger partial charge >= 0.3 is 6.18 Å². The number of hydrogen-bond donors (Lipinski definition) is 0. The van der Waals surface area contributed by atoms with E-state index in [4.69, 9.17) is 16.3 Å². The van der Waals surface area contributed by atoms with Crippen molar-refractivity contribution >= 4 is 11.6 Å². The lowest BCUT2D eigenvalue weighted by Crippen LogP contribution is -2.05. The zero-order chi connectivity index (χ0) is 14.8. The molecule has 0 N–H and O–H groups in total. The second-order valence-electron chi connectivity index (χ2n) is 4.39. The number of alkyl halides is 3. The molecule has 0 aliphatic carbocycles. The van der Waals surface area contributed by atoms with Crippen LogP contribution in [0, 0.1) is 6.92 Å². The highest BCUT2D eigenvalue weighted by molar-refractivity contribution is 6.30. The minimum Gasteiger partial charge on any atom is -0.489 e. The number of ether oxygens (including phenoxy) is 1. The zero-order valence-corrected chi connectivity index (χ0v) is 11.4. The number of benzene rings is 2. The van der Waals surface area contributed by atoms with Crippen LogP contribution < -0.4 is 4.74 Å². The van der Waals surface area contributed by atoms with Crippen LogP contribution in [0.1, 0.15) is 16.7 Å². The molecule has 2 aromatic rings. The topological polar surface area (TPSA) is 9.23 Å². The highest BCUT2D eigenvalue weighted by Crippen LogP contribution is 2.29. The third-order valence-corrected chi connectivity index (χ3v) is 3.05. The van der Waals surface area contributed by atoms with E-state index >= 15 is 0 Å². The lowest BCUT2D eigenvalue weighted by molar-refractivity contribution is -0.137. The van der Waals surface area contributed by atoms with Crippen molar-refractivity contribution < 1.29 is 17.9 Å². The fourth-order valence-electron chi connectivity index (χ4n) is 1.73. The summed E-state index contributed by atoms with van der Waals surface area (Å²) in [6.45, 7) is 2.06. The average Bonchev–Trinajstić information content (AvgIpc) is 2.37. The maximum Gasteiger partial charge on any atom is 0.416 e. The average molecular weight is 301 g/mol. The van der Waals surface area contributed by atoms with E-state index in [0.717, 1.165) is 17.7 Å². The molecule has 0 spiro atoms. The fraction of sp³-hybridized carbons (Fsp3) is 0.200. The van der Waals surface area contributed by atoms with Crippen molar-refractivity contribution in [3.8, 4) is 5.75 Å². The van der Waals surface area contributed by atoms with Gasteiger partial charge in [0.2, 0.25) is 0 Å². The minimum absolute atomic E-state index is 0.209. The summed E-state index contributed by atoms with van der Waals surface area (Å²) in [4.78, 5) is 0. The van der Waals surface area contributed by atoms with Gasteiger partial charge in [0.05, 0.1) is 5.56 Å². The molecular weight excluding hydrogens is 289 g/mol. The largest absolute Gasteiger partial charge is 0.489 e. The normalized spacial score (nSPS) is 11.4. The summed E-state index contributed by atoms with van der Waals surface area (Å²) in [7, 11) is 0. The zero-order valence-electron chi connectivity index (χ0n) is 10.7. The lowest BCUT2D eigenvalue weighted by Gasteiger charge is -2.11. The molecule has 0 atom stereocenters. The Morgan fingerprint density at radius 2 is 1.70 bits per heavy atom. The first kappa shape index (κ1) is 14.7. The van der Waals surface area contributed by atoms with Gasteiger partial charge in [-0.15, -0.1) is 0 Å². The van der Waals surface area contributed by atoms with Crippen LogP contribution in [0.5, 0.6) is 5.75 Å². The van der Waals surface area contributed by atoms with Gasteiger partial charge in [-0.1, -0.05) is 23.7 Å². The first-order chi connectivity index (χ1) is 9.36. The third kappa shape index (κ3) is 3.67. The molecule has 0 saturated heterocycles. The molecule has 0 unspecified atom stereocenters. The lowest BCUT2D eigenvalue weighted by atomic mass is 10.1. The molecule has 1 nitrogen and oxygen atoms in total. The fourth-order valence-corrected chi connectivity index (χ4v) is 1.95. The van der Waals surface area contributed by atoms with Crippen LogP contribution in [-0.4, -0.2) is 0 Å². The first-order valence-corrected chi connectivity index (χ1v) is 6.29. The van der Waals surface area contributed by atoms with Crippen molar-refractivity contribution in [3.05, 3.63) is 64.2 Å². The summed E-state index contributed by atoms with van der Waals surface area (Å²) in [6, 6.07) is 10.1. The SMILES string of the molecule is Cc1cc(Cl)ccc1OCc1ccc(C(F)(F)F)cc1. The molecule has 0 heterocycles. The molecule has 2 rings (SSSR count). The van der Waals surface area contributed by atoms with E-state index in [1.54, 1.807) is 18.2 Å². The number of hydrogen-bond acceptors (Lipinski definition) is 1. The van der Waals surface area contributed by atoms with Gasteiger partial charge in [-0.05, 0) is 48.4 Å². The van der Waals surface area contributed by atoms with Crippen molar-refractivity contribution in [2.75, 3.05) is 0 Å². The van der Waals surface area contributed by atoms with Crippen LogP contribution in [0.3, 0.4) is 0 Å². The van der Waals surface area contributed by atoms with Crippen molar-refractivity contribution in [1.29, 1.82) is 0 Å². The first-order valence-electron chi connectivity index (χ1n) is 5.91. The summed E-state index contributed by atoms with van der Waals surface area (Å²) in [5.41, 5.74) is 0.890. The highest BCUT2D eigenvalue weighted by Gasteiger charge is 2.29. The van der Waals surface area contributed by atoms with Crippen LogP contribution in [0.4, 0.5) is 13.2 Å². The van der Waals surface area contributed by atoms with Crippen molar-refractivity contribution in [2.45, 2.75) is 19.7 Å². The van der Waals surface area contributed by atoms with E-state index < -0.39 is 11.7 Å². The van der Waals surface area contributed by atoms with Gasteiger partial charge < -0.3 is 4.74 Å². The van der Waals surface area contributed by atoms with Crippen LogP contribution in [0.15, 0.2) is 42.5 Å². The Morgan fingerprint density at radius 3 is 2.25 bits per heavy atom. The predicted octanol–water partition coefficient (Wildman–Crippen LogP) is 5.25. The third-order valence-electron chi connectivity index (χ3n) is 2.81. The van der Waals surface area contributed by atoms with Gasteiger partial charge in [-0.2, -0.15) is 13.2 Å². The molecule has 0 saturated carbocycles. The Bertz CT molecular complexity index is 591. The summed E-state index contributed by atoms with van der Waals surface area (Å²) in [6.07, 6.45) is -4.31. The Labute approximate surface area is 119 Å². The molecule has 20 heavy (non-hydrogen) atoms. The Balaban J connectivity index is 2.04. The molecule has 2 aromatic carbocycles. The molecule has 0 fully saturated rings. The van der Waals surface area contributed by atoms with Gasteiger partial charge in [-0.25, -0.2) is 0 Å². The van der Waals surface area contributed by atoms with E-state index in [9.17, 15) is 13.2 Å². The van der Waals surface area contributed by atoms with Crippen LogP contribution in [-0.2, 0) is 12.8 Å². The smallest absolute Gasteiger partial charge is 0.416 e. The molecule has 106 valence electrons. The predicted molar refractivity (Wildman–Crippen MR) is 72.0 cm³/mol. The number of aryl methyl sites for hydroxylation is 1. The van der Waals surface area contributed by atoms with Gasteiger partial charge in [0, 0.05) is 5.02 Å². The molecule has 0 aliphatic rings. The molecule has 0 aromatic heterocycles. The van der Waals surface area contributed by atoms with Gasteiger partial charge in [0.1, 0.15) is 12.4 Å². The summed E-state index contributed by atoms with van der Waals surface area (Å²) < 4.78 is 42.8. The second-order valence-corrected chi connectivity index (χ2v) is 4.83. The Hall–Kier alpha value is -1.68. The van der Waals surface area contributed by atoms with E-state index in [1.165, 1.54) is 12.1 Å². The van der Waals surface area contributed by atoms with Crippen molar-refractivity contribution in [3.63, 3.8) is 0 Å². The Kier molecular flexibility index (Phi) is 4.23. The molecule has 0 aliphatic heterocycles. The van der Waals surface area contributed by atoms with Crippen molar-refractivity contribution in [1.82, 2.24) is 0 Å². The highest BCUT2D eigenvalue weighted by atomic mass is 35.5. The van der Waals surface area contributed by atoms with Crippen molar-refractivity contribution in [2.24, 2.45) is 0 Å². The molecule has 5 heteroatoms. The van der Waals surface area contributed by atoms with E-state index in [1.807, 2.05) is 6.92 Å². The molecule has 0 amide bonds. The Morgan fingerprint density at radius 1 is 1.05 bits per heavy atom. The molecule has 0 bridgehead atoms. The van der Waals surface area contributed by atoms with Gasteiger partial charge in [0.25, 0.3) is 0 Å². The number of halogens is 4. The number of rotatable bonds is 3. The standard InChI is InChI=1S/C15H12ClF3O/c1-10-8-13(16)6-7-14(10)20-9-11-2-4-12(5-3-11)15(17,18)19/h2-8H,9H2,1H3. The van der Waals surface area contributed by atoms with E-state index in [-0.39, 0.29) is 6.61 Å². The monoisotopic (exact) mass is 300 g/mol. The second kappa shape index (κ2) is 5.75.